The Balaban J connectivity index is 0.00000112. The summed E-state index contributed by atoms with van der Waals surface area (Å²) < 4.78 is 0. The molecule has 1 N–H and O–H groups in total. The third kappa shape index (κ3) is 3.02. The van der Waals surface area contributed by atoms with Gasteiger partial charge in [-0.1, -0.05) is 0 Å². The molecule has 0 aromatic rings. The van der Waals surface area contributed by atoms with Crippen molar-refractivity contribution in [1.29, 1.82) is 0 Å². The van der Waals surface area contributed by atoms with Crippen LogP contribution >= 0.6 is 24.2 Å². The fourth-order valence-corrected chi connectivity index (χ4v) is 3.42. The van der Waals surface area contributed by atoms with Crippen molar-refractivity contribution in [3.05, 3.63) is 0 Å². The summed E-state index contributed by atoms with van der Waals surface area (Å²) in [5, 5.41) is 3.26. The summed E-state index contributed by atoms with van der Waals surface area (Å²) >= 11 is 1.96. The highest BCUT2D eigenvalue weighted by Crippen LogP contribution is 2.22. The highest BCUT2D eigenvalue weighted by atomic mass is 35.5. The van der Waals surface area contributed by atoms with Gasteiger partial charge in [0.25, 0.3) is 0 Å². The van der Waals surface area contributed by atoms with E-state index < -0.39 is 0 Å². The lowest BCUT2D eigenvalue weighted by molar-refractivity contribution is -0.133. The van der Waals surface area contributed by atoms with Gasteiger partial charge < -0.3 is 10.2 Å². The van der Waals surface area contributed by atoms with Crippen molar-refractivity contribution in [3.8, 4) is 0 Å². The van der Waals surface area contributed by atoms with E-state index >= 15 is 0 Å². The van der Waals surface area contributed by atoms with Gasteiger partial charge in [-0.15, -0.1) is 12.4 Å². The zero-order valence-corrected chi connectivity index (χ0v) is 10.7. The zero-order chi connectivity index (χ0) is 9.97. The van der Waals surface area contributed by atoms with Gasteiger partial charge in [0.15, 0.2) is 0 Å². The Morgan fingerprint density at radius 1 is 1.47 bits per heavy atom. The van der Waals surface area contributed by atoms with Crippen molar-refractivity contribution in [1.82, 2.24) is 10.2 Å². The minimum Gasteiger partial charge on any atom is -0.341 e. The smallest absolute Gasteiger partial charge is 0.239 e. The molecule has 0 spiro atoms. The number of hydrogen-bond donors (Lipinski definition) is 1. The van der Waals surface area contributed by atoms with Crippen molar-refractivity contribution in [2.24, 2.45) is 0 Å². The second-order valence-corrected chi connectivity index (χ2v) is 5.27. The molecule has 15 heavy (non-hydrogen) atoms. The highest BCUT2D eigenvalue weighted by molar-refractivity contribution is 7.99. The molecule has 0 radical (unpaired) electrons. The molecule has 2 aliphatic heterocycles. The number of carbonyl (C=O) groups is 1. The summed E-state index contributed by atoms with van der Waals surface area (Å²) in [7, 11) is 1.96. The maximum atomic E-state index is 12.0. The summed E-state index contributed by atoms with van der Waals surface area (Å²) in [6.07, 6.45) is 3.33. The molecule has 2 aliphatic rings. The van der Waals surface area contributed by atoms with Crippen LogP contribution in [0.4, 0.5) is 0 Å². The van der Waals surface area contributed by atoms with Crippen molar-refractivity contribution in [2.45, 2.75) is 31.3 Å². The van der Waals surface area contributed by atoms with Crippen LogP contribution in [-0.2, 0) is 4.79 Å². The van der Waals surface area contributed by atoms with Crippen LogP contribution < -0.4 is 5.32 Å². The first kappa shape index (κ1) is 13.1. The van der Waals surface area contributed by atoms with Crippen molar-refractivity contribution in [3.63, 3.8) is 0 Å². The molecule has 0 aromatic carbocycles. The molecule has 2 unspecified atom stereocenters. The predicted octanol–water partition coefficient (Wildman–Crippen LogP) is 1.12. The molecule has 2 saturated heterocycles. The minimum absolute atomic E-state index is 0. The normalized spacial score (nSPS) is 29.9. The Hall–Kier alpha value is 0.0700. The van der Waals surface area contributed by atoms with Crippen molar-refractivity contribution >= 4 is 30.1 Å². The summed E-state index contributed by atoms with van der Waals surface area (Å²) in [6.45, 7) is 1.00. The number of thioether (sulfide) groups is 1. The van der Waals surface area contributed by atoms with Gasteiger partial charge in [0.05, 0.1) is 6.04 Å². The summed E-state index contributed by atoms with van der Waals surface area (Å²) in [4.78, 5) is 13.9. The van der Waals surface area contributed by atoms with E-state index in [1.165, 1.54) is 12.2 Å². The Morgan fingerprint density at radius 3 is 2.80 bits per heavy atom. The SMILES string of the molecule is CN(C(=O)C1CCCN1)C1CCSC1.Cl. The minimum atomic E-state index is 0. The van der Waals surface area contributed by atoms with Crippen LogP contribution in [0, 0.1) is 0 Å². The Bertz CT molecular complexity index is 215. The van der Waals surface area contributed by atoms with Crippen LogP contribution in [0.15, 0.2) is 0 Å². The van der Waals surface area contributed by atoms with Gasteiger partial charge in [-0.25, -0.2) is 0 Å². The van der Waals surface area contributed by atoms with Gasteiger partial charge in [0.2, 0.25) is 5.91 Å². The molecular weight excluding hydrogens is 232 g/mol. The average molecular weight is 251 g/mol. The van der Waals surface area contributed by atoms with Gasteiger partial charge in [-0.05, 0) is 31.6 Å². The largest absolute Gasteiger partial charge is 0.341 e. The second-order valence-electron chi connectivity index (χ2n) is 4.12. The molecule has 1 amide bonds. The van der Waals surface area contributed by atoms with E-state index in [2.05, 4.69) is 5.32 Å². The van der Waals surface area contributed by atoms with E-state index in [4.69, 9.17) is 0 Å². The topological polar surface area (TPSA) is 32.3 Å². The first-order valence-corrected chi connectivity index (χ1v) is 6.52. The molecule has 0 saturated carbocycles. The Kier molecular flexibility index (Phi) is 5.23. The van der Waals surface area contributed by atoms with E-state index in [1.807, 2.05) is 23.7 Å². The van der Waals surface area contributed by atoms with Crippen LogP contribution in [0.5, 0.6) is 0 Å². The first-order valence-electron chi connectivity index (χ1n) is 5.37. The fourth-order valence-electron chi connectivity index (χ4n) is 2.15. The molecule has 0 aromatic heterocycles. The van der Waals surface area contributed by atoms with Crippen LogP contribution in [0.2, 0.25) is 0 Å². The lowest BCUT2D eigenvalue weighted by Gasteiger charge is -2.26. The van der Waals surface area contributed by atoms with Gasteiger partial charge in [0, 0.05) is 18.8 Å². The maximum Gasteiger partial charge on any atom is 0.239 e. The molecule has 2 rings (SSSR count). The standard InChI is InChI=1S/C10H18N2OS.ClH/c1-12(8-4-6-14-7-8)10(13)9-3-2-5-11-9;/h8-9,11H,2-7H2,1H3;1H. The van der Waals surface area contributed by atoms with E-state index in [0.29, 0.717) is 11.9 Å². The Morgan fingerprint density at radius 2 is 2.27 bits per heavy atom. The molecule has 2 atom stereocenters. The van der Waals surface area contributed by atoms with Gasteiger partial charge >= 0.3 is 0 Å². The lowest BCUT2D eigenvalue weighted by atomic mass is 10.1. The fraction of sp³-hybridized carbons (Fsp3) is 0.900. The van der Waals surface area contributed by atoms with Crippen LogP contribution in [0.3, 0.4) is 0 Å². The van der Waals surface area contributed by atoms with Crippen molar-refractivity contribution < 1.29 is 4.79 Å². The number of rotatable bonds is 2. The summed E-state index contributed by atoms with van der Waals surface area (Å²) in [5.41, 5.74) is 0. The van der Waals surface area contributed by atoms with Crippen LogP contribution in [0.1, 0.15) is 19.3 Å². The lowest BCUT2D eigenvalue weighted by Crippen LogP contribution is -2.46. The number of nitrogens with zero attached hydrogens (tertiary/aromatic N) is 1. The van der Waals surface area contributed by atoms with E-state index in [-0.39, 0.29) is 18.4 Å². The number of carbonyl (C=O) groups excluding carboxylic acids is 1. The van der Waals surface area contributed by atoms with Gasteiger partial charge in [-0.3, -0.25) is 4.79 Å². The molecule has 0 aliphatic carbocycles. The molecule has 3 nitrogen and oxygen atoms in total. The Labute approximate surface area is 102 Å². The number of halogens is 1. The summed E-state index contributed by atoms with van der Waals surface area (Å²) in [6, 6.07) is 0.584. The second kappa shape index (κ2) is 5.97. The molecule has 0 bridgehead atoms. The van der Waals surface area contributed by atoms with E-state index in [9.17, 15) is 4.79 Å². The number of nitrogens with one attached hydrogen (secondary N) is 1. The van der Waals surface area contributed by atoms with E-state index in [1.54, 1.807) is 0 Å². The first-order chi connectivity index (χ1) is 6.79. The van der Waals surface area contributed by atoms with Crippen LogP contribution in [-0.4, -0.2) is 48.0 Å². The molecule has 88 valence electrons. The zero-order valence-electron chi connectivity index (χ0n) is 9.07. The predicted molar refractivity (Wildman–Crippen MR) is 66.8 cm³/mol. The number of amides is 1. The van der Waals surface area contributed by atoms with E-state index in [0.717, 1.165) is 25.1 Å². The molecular formula is C10H19ClN2OS. The van der Waals surface area contributed by atoms with Crippen molar-refractivity contribution in [2.75, 3.05) is 25.1 Å². The van der Waals surface area contributed by atoms with Crippen LogP contribution in [0.25, 0.3) is 0 Å². The maximum absolute atomic E-state index is 12.0. The molecule has 2 heterocycles. The monoisotopic (exact) mass is 250 g/mol. The highest BCUT2D eigenvalue weighted by Gasteiger charge is 2.30. The summed E-state index contributed by atoms with van der Waals surface area (Å²) in [5.74, 6) is 2.63. The molecule has 5 heteroatoms. The third-order valence-corrected chi connectivity index (χ3v) is 4.30. The molecule has 2 fully saturated rings. The third-order valence-electron chi connectivity index (χ3n) is 3.16. The average Bonchev–Trinajstić information content (AvgIpc) is 2.87. The van der Waals surface area contributed by atoms with Gasteiger partial charge in [0.1, 0.15) is 0 Å². The van der Waals surface area contributed by atoms with Gasteiger partial charge in [-0.2, -0.15) is 11.8 Å². The number of hydrogen-bond acceptors (Lipinski definition) is 3. The quantitative estimate of drug-likeness (QED) is 0.798. The number of likely N-dealkylation sites (N-methyl/N-ethyl adjacent to an activating group) is 1.